The van der Waals surface area contributed by atoms with Gasteiger partial charge in [0.05, 0.1) is 4.90 Å². The Balaban J connectivity index is 3.05. The van der Waals surface area contributed by atoms with Crippen molar-refractivity contribution >= 4 is 10.0 Å². The van der Waals surface area contributed by atoms with Crippen LogP contribution in [-0.2, 0) is 10.0 Å². The van der Waals surface area contributed by atoms with Crippen molar-refractivity contribution in [2.75, 3.05) is 19.6 Å². The topological polar surface area (TPSA) is 63.4 Å². The molecule has 4 nitrogen and oxygen atoms in total. The van der Waals surface area contributed by atoms with Gasteiger partial charge in [-0.2, -0.15) is 17.5 Å². The van der Waals surface area contributed by atoms with Gasteiger partial charge in [0.2, 0.25) is 10.0 Å². The monoisotopic (exact) mass is 282 g/mol. The number of rotatable bonds is 5. The molecule has 0 amide bonds. The predicted molar refractivity (Wildman–Crippen MR) is 60.3 cm³/mol. The highest BCUT2D eigenvalue weighted by atomic mass is 32.2. The highest BCUT2D eigenvalue weighted by molar-refractivity contribution is 7.89. The first-order valence-corrected chi connectivity index (χ1v) is 6.53. The summed E-state index contributed by atoms with van der Waals surface area (Å²) in [6.07, 6.45) is -4.60. The van der Waals surface area contributed by atoms with Crippen molar-refractivity contribution in [1.29, 1.82) is 0 Å². The number of halogens is 3. The summed E-state index contributed by atoms with van der Waals surface area (Å²) in [7, 11) is -4.16. The van der Waals surface area contributed by atoms with E-state index in [1.807, 2.05) is 0 Å². The third-order valence-electron chi connectivity index (χ3n) is 2.12. The fourth-order valence-electron chi connectivity index (χ4n) is 1.37. The van der Waals surface area contributed by atoms with Gasteiger partial charge >= 0.3 is 6.18 Å². The van der Waals surface area contributed by atoms with E-state index in [1.165, 1.54) is 24.3 Å². The van der Waals surface area contributed by atoms with Crippen molar-refractivity contribution in [3.63, 3.8) is 0 Å². The smallest absolute Gasteiger partial charge is 0.329 e. The average molecular weight is 282 g/mol. The number of benzene rings is 1. The molecule has 0 heterocycles. The Labute approximate surface area is 103 Å². The molecule has 0 saturated heterocycles. The van der Waals surface area contributed by atoms with E-state index in [0.717, 1.165) is 0 Å². The van der Waals surface area contributed by atoms with Crippen LogP contribution in [0.25, 0.3) is 0 Å². The van der Waals surface area contributed by atoms with Crippen molar-refractivity contribution in [2.45, 2.75) is 11.1 Å². The highest BCUT2D eigenvalue weighted by Gasteiger charge is 2.36. The Hall–Kier alpha value is -1.12. The summed E-state index contributed by atoms with van der Waals surface area (Å²) in [6, 6.07) is 6.96. The molecule has 0 saturated carbocycles. The Morgan fingerprint density at radius 2 is 1.72 bits per heavy atom. The molecule has 18 heavy (non-hydrogen) atoms. The molecule has 2 N–H and O–H groups in total. The lowest BCUT2D eigenvalue weighted by Gasteiger charge is -2.22. The van der Waals surface area contributed by atoms with Crippen LogP contribution in [-0.4, -0.2) is 38.5 Å². The van der Waals surface area contributed by atoms with Gasteiger partial charge in [0.1, 0.15) is 6.54 Å². The summed E-state index contributed by atoms with van der Waals surface area (Å²) in [5.41, 5.74) is 5.15. The first-order chi connectivity index (χ1) is 8.27. The van der Waals surface area contributed by atoms with E-state index in [1.54, 1.807) is 6.07 Å². The quantitative estimate of drug-likeness (QED) is 0.882. The number of nitrogens with two attached hydrogens (primary N) is 1. The van der Waals surface area contributed by atoms with Gasteiger partial charge in [-0.1, -0.05) is 18.2 Å². The van der Waals surface area contributed by atoms with Gasteiger partial charge in [0.25, 0.3) is 0 Å². The van der Waals surface area contributed by atoms with Crippen LogP contribution < -0.4 is 5.73 Å². The third-order valence-corrected chi connectivity index (χ3v) is 3.97. The largest absolute Gasteiger partial charge is 0.402 e. The fraction of sp³-hybridized carbons (Fsp3) is 0.400. The third kappa shape index (κ3) is 3.97. The van der Waals surface area contributed by atoms with Crippen molar-refractivity contribution in [2.24, 2.45) is 5.73 Å². The van der Waals surface area contributed by atoms with Crippen LogP contribution in [0.4, 0.5) is 13.2 Å². The summed E-state index contributed by atoms with van der Waals surface area (Å²) >= 11 is 0. The van der Waals surface area contributed by atoms with Crippen molar-refractivity contribution < 1.29 is 21.6 Å². The molecule has 0 fully saturated rings. The molecule has 0 aromatic heterocycles. The van der Waals surface area contributed by atoms with E-state index in [0.29, 0.717) is 4.31 Å². The summed E-state index contributed by atoms with van der Waals surface area (Å²) < 4.78 is 61.3. The molecule has 0 radical (unpaired) electrons. The van der Waals surface area contributed by atoms with E-state index in [-0.39, 0.29) is 18.0 Å². The lowest BCUT2D eigenvalue weighted by molar-refractivity contribution is -0.135. The van der Waals surface area contributed by atoms with Gasteiger partial charge in [-0.25, -0.2) is 8.42 Å². The lowest BCUT2D eigenvalue weighted by atomic mass is 10.4. The maximum atomic E-state index is 12.3. The van der Waals surface area contributed by atoms with Crippen LogP contribution in [0.2, 0.25) is 0 Å². The molecule has 102 valence electrons. The van der Waals surface area contributed by atoms with Gasteiger partial charge in [0.15, 0.2) is 0 Å². The first-order valence-electron chi connectivity index (χ1n) is 5.09. The van der Waals surface area contributed by atoms with E-state index < -0.39 is 22.7 Å². The number of hydrogen-bond donors (Lipinski definition) is 1. The first kappa shape index (κ1) is 14.9. The maximum absolute atomic E-state index is 12.3. The zero-order chi connectivity index (χ0) is 13.8. The van der Waals surface area contributed by atoms with Gasteiger partial charge in [0, 0.05) is 13.1 Å². The lowest BCUT2D eigenvalue weighted by Crippen LogP contribution is -2.41. The normalized spacial score (nSPS) is 12.9. The van der Waals surface area contributed by atoms with Crippen molar-refractivity contribution in [3.05, 3.63) is 30.3 Å². The molecule has 8 heteroatoms. The minimum atomic E-state index is -4.60. The number of hydrogen-bond acceptors (Lipinski definition) is 3. The molecule has 1 rings (SSSR count). The van der Waals surface area contributed by atoms with Crippen LogP contribution in [0, 0.1) is 0 Å². The molecule has 0 bridgehead atoms. The Morgan fingerprint density at radius 3 is 2.17 bits per heavy atom. The van der Waals surface area contributed by atoms with Crippen molar-refractivity contribution in [3.8, 4) is 0 Å². The fourth-order valence-corrected chi connectivity index (χ4v) is 2.83. The molecular weight excluding hydrogens is 269 g/mol. The maximum Gasteiger partial charge on any atom is 0.402 e. The second-order valence-corrected chi connectivity index (χ2v) is 5.49. The standard InChI is InChI=1S/C10H13F3N2O2S/c11-10(12,13)8-15(7-6-14)18(16,17)9-4-2-1-3-5-9/h1-5H,6-8,14H2. The van der Waals surface area contributed by atoms with Crippen LogP contribution in [0.5, 0.6) is 0 Å². The second-order valence-electron chi connectivity index (χ2n) is 3.56. The molecule has 0 aliphatic carbocycles. The molecule has 0 aliphatic rings. The summed E-state index contributed by atoms with van der Waals surface area (Å²) in [4.78, 5) is -0.178. The predicted octanol–water partition coefficient (Wildman–Crippen LogP) is 1.20. The van der Waals surface area contributed by atoms with Gasteiger partial charge in [-0.05, 0) is 12.1 Å². The zero-order valence-corrected chi connectivity index (χ0v) is 10.2. The minimum Gasteiger partial charge on any atom is -0.329 e. The van der Waals surface area contributed by atoms with E-state index in [2.05, 4.69) is 0 Å². The van der Waals surface area contributed by atoms with Gasteiger partial charge < -0.3 is 5.73 Å². The molecule has 0 unspecified atom stereocenters. The molecule has 0 atom stereocenters. The number of nitrogens with zero attached hydrogens (tertiary/aromatic N) is 1. The van der Waals surface area contributed by atoms with Crippen molar-refractivity contribution in [1.82, 2.24) is 4.31 Å². The van der Waals surface area contributed by atoms with Gasteiger partial charge in [-0.15, -0.1) is 0 Å². The van der Waals surface area contributed by atoms with E-state index in [4.69, 9.17) is 5.73 Å². The summed E-state index contributed by atoms with van der Waals surface area (Å²) in [5.74, 6) is 0. The average Bonchev–Trinajstić information content (AvgIpc) is 2.28. The molecule has 1 aromatic rings. The molecule has 0 spiro atoms. The summed E-state index contributed by atoms with van der Waals surface area (Å²) in [6.45, 7) is -2.10. The van der Waals surface area contributed by atoms with Crippen LogP contribution in [0.3, 0.4) is 0 Å². The Morgan fingerprint density at radius 1 is 1.17 bits per heavy atom. The SMILES string of the molecule is NCCN(CC(F)(F)F)S(=O)(=O)c1ccccc1. The Kier molecular flexibility index (Phi) is 4.71. The van der Waals surface area contributed by atoms with E-state index in [9.17, 15) is 21.6 Å². The van der Waals surface area contributed by atoms with Crippen LogP contribution in [0.1, 0.15) is 0 Å². The second kappa shape index (κ2) is 5.68. The minimum absolute atomic E-state index is 0.178. The van der Waals surface area contributed by atoms with Gasteiger partial charge in [-0.3, -0.25) is 0 Å². The van der Waals surface area contributed by atoms with Crippen LogP contribution >= 0.6 is 0 Å². The van der Waals surface area contributed by atoms with E-state index >= 15 is 0 Å². The summed E-state index contributed by atoms with van der Waals surface area (Å²) in [5, 5.41) is 0. The number of alkyl halides is 3. The molecular formula is C10H13F3N2O2S. The molecule has 0 aliphatic heterocycles. The zero-order valence-electron chi connectivity index (χ0n) is 9.39. The van der Waals surface area contributed by atoms with Crippen LogP contribution in [0.15, 0.2) is 35.2 Å². The molecule has 1 aromatic carbocycles. The Bertz CT molecular complexity index is 474. The highest BCUT2D eigenvalue weighted by Crippen LogP contribution is 2.22. The number of sulfonamides is 1.